The minimum atomic E-state index is -1.61. The van der Waals surface area contributed by atoms with Crippen LogP contribution < -0.4 is 0 Å². The molecule has 0 aromatic heterocycles. The summed E-state index contributed by atoms with van der Waals surface area (Å²) in [5.74, 6) is 2.19. The number of alkyl halides is 3. The van der Waals surface area contributed by atoms with Crippen molar-refractivity contribution in [2.45, 2.75) is 95.3 Å². The zero-order chi connectivity index (χ0) is 18.5. The Morgan fingerprint density at radius 3 is 1.85 bits per heavy atom. The van der Waals surface area contributed by atoms with E-state index in [9.17, 15) is 8.78 Å². The summed E-state index contributed by atoms with van der Waals surface area (Å²) < 4.78 is 44.0. The van der Waals surface area contributed by atoms with Gasteiger partial charge in [0.05, 0.1) is 0 Å². The van der Waals surface area contributed by atoms with E-state index in [4.69, 9.17) is 0 Å². The molecule has 7 unspecified atom stereocenters. The van der Waals surface area contributed by atoms with Gasteiger partial charge in [0.15, 0.2) is 0 Å². The maximum atomic E-state index is 15.7. The van der Waals surface area contributed by atoms with Crippen LogP contribution in [0.2, 0.25) is 0 Å². The summed E-state index contributed by atoms with van der Waals surface area (Å²) in [4.78, 5) is 0. The molecule has 26 heavy (non-hydrogen) atoms. The molecule has 0 heterocycles. The van der Waals surface area contributed by atoms with E-state index in [0.29, 0.717) is 12.3 Å². The molecule has 4 aliphatic rings. The van der Waals surface area contributed by atoms with Crippen molar-refractivity contribution in [1.82, 2.24) is 0 Å². The summed E-state index contributed by atoms with van der Waals surface area (Å²) in [5.41, 5.74) is 0. The third kappa shape index (κ3) is 3.48. The Kier molecular flexibility index (Phi) is 5.68. The van der Waals surface area contributed by atoms with E-state index in [0.717, 1.165) is 37.0 Å². The van der Waals surface area contributed by atoms with Crippen LogP contribution >= 0.6 is 9.24 Å². The van der Waals surface area contributed by atoms with Crippen molar-refractivity contribution in [2.75, 3.05) is 0 Å². The van der Waals surface area contributed by atoms with Crippen molar-refractivity contribution in [3.63, 3.8) is 0 Å². The first kappa shape index (κ1) is 19.5. The zero-order valence-corrected chi connectivity index (χ0v) is 17.3. The topological polar surface area (TPSA) is 0 Å². The van der Waals surface area contributed by atoms with Crippen LogP contribution in [0.3, 0.4) is 0 Å². The van der Waals surface area contributed by atoms with E-state index in [1.807, 2.05) is 0 Å². The fourth-order valence-corrected chi connectivity index (χ4v) is 8.01. The first-order valence-corrected chi connectivity index (χ1v) is 11.7. The van der Waals surface area contributed by atoms with Gasteiger partial charge in [0.2, 0.25) is 0 Å². The number of halogens is 3. The van der Waals surface area contributed by atoms with Gasteiger partial charge in [-0.2, -0.15) is 0 Å². The highest BCUT2D eigenvalue weighted by Gasteiger charge is 2.61. The average molecular weight is 388 g/mol. The third-order valence-corrected chi connectivity index (χ3v) is 9.57. The van der Waals surface area contributed by atoms with Crippen LogP contribution in [0, 0.1) is 41.4 Å². The molecule has 0 aliphatic heterocycles. The molecule has 7 atom stereocenters. The summed E-state index contributed by atoms with van der Waals surface area (Å²) in [6.07, 6.45) is 8.78. The lowest BCUT2D eigenvalue weighted by molar-refractivity contribution is -0.0101. The Balaban J connectivity index is 1.37. The Morgan fingerprint density at radius 2 is 1.23 bits per heavy atom. The highest BCUT2D eigenvalue weighted by Crippen LogP contribution is 2.61. The molecule has 0 aromatic rings. The predicted octanol–water partition coefficient (Wildman–Crippen LogP) is 6.88. The summed E-state index contributed by atoms with van der Waals surface area (Å²) in [7, 11) is 2.35. The fourth-order valence-electron chi connectivity index (χ4n) is 7.15. The highest BCUT2D eigenvalue weighted by molar-refractivity contribution is 7.18. The minimum Gasteiger partial charge on any atom is -0.244 e. The van der Waals surface area contributed by atoms with Gasteiger partial charge in [0, 0.05) is 5.92 Å². The Labute approximate surface area is 159 Å². The van der Waals surface area contributed by atoms with Crippen molar-refractivity contribution < 1.29 is 13.2 Å². The SMILES string of the molecule is CC1CCC(C2CCC(C3CC4CCC(F)C(F)C4C3(F)P)CC2)CC1. The number of hydrogen-bond acceptors (Lipinski definition) is 0. The molecule has 0 nitrogen and oxygen atoms in total. The van der Waals surface area contributed by atoms with Gasteiger partial charge >= 0.3 is 0 Å². The number of fused-ring (bicyclic) bond motifs is 1. The second kappa shape index (κ2) is 7.57. The van der Waals surface area contributed by atoms with Crippen LogP contribution in [-0.2, 0) is 0 Å². The van der Waals surface area contributed by atoms with Gasteiger partial charge in [-0.3, -0.25) is 0 Å². The van der Waals surface area contributed by atoms with Crippen LogP contribution in [0.5, 0.6) is 0 Å². The van der Waals surface area contributed by atoms with E-state index in [-0.39, 0.29) is 18.3 Å². The second-order valence-corrected chi connectivity index (χ2v) is 11.1. The van der Waals surface area contributed by atoms with Gasteiger partial charge < -0.3 is 0 Å². The van der Waals surface area contributed by atoms with Crippen molar-refractivity contribution in [1.29, 1.82) is 0 Å². The van der Waals surface area contributed by atoms with E-state index in [2.05, 4.69) is 16.2 Å². The Hall–Kier alpha value is 0.220. The maximum Gasteiger partial charge on any atom is 0.138 e. The third-order valence-electron chi connectivity index (χ3n) is 8.76. The lowest BCUT2D eigenvalue weighted by Gasteiger charge is -2.42. The monoisotopic (exact) mass is 388 g/mol. The number of rotatable bonds is 2. The molecular formula is C22H36F3P. The highest BCUT2D eigenvalue weighted by atomic mass is 31.0. The van der Waals surface area contributed by atoms with Gasteiger partial charge in [0.1, 0.15) is 17.8 Å². The maximum absolute atomic E-state index is 15.7. The van der Waals surface area contributed by atoms with E-state index in [1.165, 1.54) is 38.5 Å². The minimum absolute atomic E-state index is 0.0436. The van der Waals surface area contributed by atoms with Crippen LogP contribution in [0.15, 0.2) is 0 Å². The van der Waals surface area contributed by atoms with Gasteiger partial charge in [-0.15, -0.1) is 0 Å². The molecule has 150 valence electrons. The standard InChI is InChI=1S/C22H36F3P/c1-13-2-4-14(5-3-13)15-6-8-16(9-7-15)18-12-17-10-11-19(23)21(24)20(17)22(18,25)26/h13-21H,2-12,26H2,1H3. The summed E-state index contributed by atoms with van der Waals surface area (Å²) in [6, 6.07) is 0. The first-order valence-electron chi connectivity index (χ1n) is 11.1. The lowest BCUT2D eigenvalue weighted by atomic mass is 9.67. The quantitative estimate of drug-likeness (QED) is 0.452. The van der Waals surface area contributed by atoms with E-state index < -0.39 is 23.7 Å². The van der Waals surface area contributed by atoms with Crippen molar-refractivity contribution >= 4 is 9.24 Å². The molecule has 0 N–H and O–H groups in total. The van der Waals surface area contributed by atoms with Crippen molar-refractivity contribution in [2.24, 2.45) is 41.4 Å². The Morgan fingerprint density at radius 1 is 0.731 bits per heavy atom. The van der Waals surface area contributed by atoms with Gasteiger partial charge in [-0.05, 0) is 93.3 Å². The molecular weight excluding hydrogens is 352 g/mol. The molecule has 0 saturated heterocycles. The molecule has 0 radical (unpaired) electrons. The molecule has 4 rings (SSSR count). The van der Waals surface area contributed by atoms with Gasteiger partial charge in [-0.1, -0.05) is 29.0 Å². The smallest absolute Gasteiger partial charge is 0.138 e. The summed E-state index contributed by atoms with van der Waals surface area (Å²) >= 11 is 0. The molecule has 4 heteroatoms. The fraction of sp³-hybridized carbons (Fsp3) is 1.00. The first-order chi connectivity index (χ1) is 12.4. The van der Waals surface area contributed by atoms with E-state index in [1.54, 1.807) is 0 Å². The zero-order valence-electron chi connectivity index (χ0n) is 16.2. The van der Waals surface area contributed by atoms with Crippen LogP contribution in [0.4, 0.5) is 13.2 Å². The van der Waals surface area contributed by atoms with E-state index >= 15 is 4.39 Å². The van der Waals surface area contributed by atoms with Gasteiger partial charge in [0.25, 0.3) is 0 Å². The Bertz CT molecular complexity index is 480. The predicted molar refractivity (Wildman–Crippen MR) is 104 cm³/mol. The lowest BCUT2D eigenvalue weighted by Crippen LogP contribution is -2.44. The van der Waals surface area contributed by atoms with Crippen molar-refractivity contribution in [3.05, 3.63) is 0 Å². The van der Waals surface area contributed by atoms with Gasteiger partial charge in [-0.25, -0.2) is 13.2 Å². The molecule has 4 aliphatic carbocycles. The van der Waals surface area contributed by atoms with Crippen LogP contribution in [-0.4, -0.2) is 17.8 Å². The normalized spacial score (nSPS) is 55.5. The van der Waals surface area contributed by atoms with Crippen LogP contribution in [0.25, 0.3) is 0 Å². The second-order valence-electron chi connectivity index (χ2n) is 10.2. The molecule has 4 saturated carbocycles. The summed E-state index contributed by atoms with van der Waals surface area (Å²) in [5, 5.41) is -1.60. The summed E-state index contributed by atoms with van der Waals surface area (Å²) in [6.45, 7) is 2.37. The molecule has 0 bridgehead atoms. The van der Waals surface area contributed by atoms with Crippen LogP contribution in [0.1, 0.15) is 77.6 Å². The average Bonchev–Trinajstić information content (AvgIpc) is 2.90. The van der Waals surface area contributed by atoms with Crippen molar-refractivity contribution in [3.8, 4) is 0 Å². The molecule has 0 amide bonds. The molecule has 0 aromatic carbocycles. The molecule has 0 spiro atoms. The largest absolute Gasteiger partial charge is 0.244 e. The molecule has 4 fully saturated rings. The number of hydrogen-bond donors (Lipinski definition) is 0.